The zero-order valence-corrected chi connectivity index (χ0v) is 13.1. The fourth-order valence-electron chi connectivity index (χ4n) is 2.10. The summed E-state index contributed by atoms with van der Waals surface area (Å²) < 4.78 is 39.8. The third-order valence-corrected chi connectivity index (χ3v) is 5.40. The minimum Gasteiger partial charge on any atom is -0.481 e. The van der Waals surface area contributed by atoms with Crippen LogP contribution in [0.2, 0.25) is 0 Å². The molecule has 5 nitrogen and oxygen atoms in total. The molecule has 0 saturated heterocycles. The molecular formula is C14H20FNO4S. The summed E-state index contributed by atoms with van der Waals surface area (Å²) in [5.74, 6) is -1.56. The van der Waals surface area contributed by atoms with Crippen molar-refractivity contribution in [1.82, 2.24) is 4.72 Å². The van der Waals surface area contributed by atoms with Crippen LogP contribution in [0.25, 0.3) is 0 Å². The van der Waals surface area contributed by atoms with E-state index in [1.165, 1.54) is 13.0 Å². The predicted molar refractivity (Wildman–Crippen MR) is 77.0 cm³/mol. The number of hydrogen-bond donors (Lipinski definition) is 2. The van der Waals surface area contributed by atoms with Gasteiger partial charge < -0.3 is 5.11 Å². The summed E-state index contributed by atoms with van der Waals surface area (Å²) >= 11 is 0. The van der Waals surface area contributed by atoms with Crippen LogP contribution in [0.5, 0.6) is 0 Å². The summed E-state index contributed by atoms with van der Waals surface area (Å²) in [7, 11) is -3.87. The van der Waals surface area contributed by atoms with Crippen molar-refractivity contribution in [2.24, 2.45) is 5.41 Å². The van der Waals surface area contributed by atoms with Crippen molar-refractivity contribution < 1.29 is 22.7 Å². The van der Waals surface area contributed by atoms with E-state index >= 15 is 0 Å². The molecule has 0 saturated carbocycles. The summed E-state index contributed by atoms with van der Waals surface area (Å²) in [6.45, 7) is 4.69. The number of halogens is 1. The average Bonchev–Trinajstić information content (AvgIpc) is 2.39. The fraction of sp³-hybridized carbons (Fsp3) is 0.500. The van der Waals surface area contributed by atoms with Gasteiger partial charge in [-0.15, -0.1) is 0 Å². The summed E-state index contributed by atoms with van der Waals surface area (Å²) in [6, 6.07) is 3.36. The van der Waals surface area contributed by atoms with Crippen LogP contribution in [0.15, 0.2) is 23.1 Å². The first-order valence-electron chi connectivity index (χ1n) is 6.67. The minimum atomic E-state index is -3.87. The summed E-state index contributed by atoms with van der Waals surface area (Å²) in [5.41, 5.74) is -0.863. The van der Waals surface area contributed by atoms with E-state index in [1.807, 2.05) is 0 Å². The number of nitrogens with one attached hydrogen (secondary N) is 1. The van der Waals surface area contributed by atoms with Gasteiger partial charge in [0.15, 0.2) is 0 Å². The maximum Gasteiger partial charge on any atom is 0.310 e. The highest BCUT2D eigenvalue weighted by atomic mass is 32.2. The Labute approximate surface area is 124 Å². The Morgan fingerprint density at radius 2 is 1.90 bits per heavy atom. The molecule has 0 atom stereocenters. The van der Waals surface area contributed by atoms with Gasteiger partial charge in [-0.1, -0.05) is 13.8 Å². The van der Waals surface area contributed by atoms with Gasteiger partial charge >= 0.3 is 5.97 Å². The van der Waals surface area contributed by atoms with E-state index in [4.69, 9.17) is 0 Å². The molecule has 0 spiro atoms. The molecule has 118 valence electrons. The molecule has 1 aromatic rings. The van der Waals surface area contributed by atoms with Crippen molar-refractivity contribution in [2.75, 3.05) is 6.54 Å². The zero-order valence-electron chi connectivity index (χ0n) is 12.3. The van der Waals surface area contributed by atoms with Gasteiger partial charge in [0, 0.05) is 6.54 Å². The van der Waals surface area contributed by atoms with Crippen molar-refractivity contribution in [3.05, 3.63) is 29.6 Å². The minimum absolute atomic E-state index is 0.0459. The van der Waals surface area contributed by atoms with E-state index in [0.29, 0.717) is 12.8 Å². The van der Waals surface area contributed by atoms with Gasteiger partial charge in [0.2, 0.25) is 10.0 Å². The third kappa shape index (κ3) is 3.79. The summed E-state index contributed by atoms with van der Waals surface area (Å²) in [6.07, 6.45) is 0.619. The lowest BCUT2D eigenvalue weighted by molar-refractivity contribution is -0.149. The van der Waals surface area contributed by atoms with Crippen LogP contribution in [0.3, 0.4) is 0 Å². The van der Waals surface area contributed by atoms with Crippen LogP contribution in [0.4, 0.5) is 4.39 Å². The van der Waals surface area contributed by atoms with E-state index < -0.39 is 27.2 Å². The normalized spacial score (nSPS) is 12.4. The average molecular weight is 317 g/mol. The van der Waals surface area contributed by atoms with Gasteiger partial charge in [-0.3, -0.25) is 4.79 Å². The lowest BCUT2D eigenvalue weighted by Crippen LogP contribution is -2.42. The van der Waals surface area contributed by atoms with Crippen LogP contribution in [-0.4, -0.2) is 26.0 Å². The van der Waals surface area contributed by atoms with Crippen LogP contribution in [0, 0.1) is 18.2 Å². The Morgan fingerprint density at radius 1 is 1.33 bits per heavy atom. The van der Waals surface area contributed by atoms with E-state index in [1.54, 1.807) is 13.8 Å². The van der Waals surface area contributed by atoms with Crippen LogP contribution < -0.4 is 4.72 Å². The number of aryl methyl sites for hydroxylation is 1. The monoisotopic (exact) mass is 317 g/mol. The van der Waals surface area contributed by atoms with Crippen LogP contribution in [-0.2, 0) is 14.8 Å². The Balaban J connectivity index is 3.03. The topological polar surface area (TPSA) is 83.5 Å². The Bertz CT molecular complexity index is 624. The van der Waals surface area contributed by atoms with Gasteiger partial charge in [0.1, 0.15) is 5.82 Å². The van der Waals surface area contributed by atoms with Crippen molar-refractivity contribution in [1.29, 1.82) is 0 Å². The molecule has 0 heterocycles. The van der Waals surface area contributed by atoms with Crippen LogP contribution >= 0.6 is 0 Å². The smallest absolute Gasteiger partial charge is 0.310 e. The molecule has 0 aliphatic heterocycles. The summed E-state index contributed by atoms with van der Waals surface area (Å²) in [4.78, 5) is 11.3. The molecule has 0 aromatic heterocycles. The molecule has 2 N–H and O–H groups in total. The van der Waals surface area contributed by atoms with Crippen molar-refractivity contribution in [3.8, 4) is 0 Å². The maximum absolute atomic E-state index is 13.0. The number of benzene rings is 1. The number of sulfonamides is 1. The van der Waals surface area contributed by atoms with Crippen molar-refractivity contribution in [3.63, 3.8) is 0 Å². The number of aliphatic carboxylic acids is 1. The quantitative estimate of drug-likeness (QED) is 0.808. The van der Waals surface area contributed by atoms with Crippen molar-refractivity contribution >= 4 is 16.0 Å². The Kier molecular flexibility index (Phi) is 5.47. The van der Waals surface area contributed by atoms with Crippen LogP contribution in [0.1, 0.15) is 32.3 Å². The SMILES string of the molecule is CCC(CC)(CNS(=O)(=O)c1ccc(F)cc1C)C(=O)O. The molecule has 0 aliphatic carbocycles. The molecule has 0 fully saturated rings. The molecular weight excluding hydrogens is 297 g/mol. The Hall–Kier alpha value is -1.47. The fourth-order valence-corrected chi connectivity index (χ4v) is 3.46. The van der Waals surface area contributed by atoms with E-state index in [2.05, 4.69) is 4.72 Å². The largest absolute Gasteiger partial charge is 0.481 e. The Morgan fingerprint density at radius 3 is 2.33 bits per heavy atom. The number of carbonyl (C=O) groups is 1. The van der Waals surface area contributed by atoms with Gasteiger partial charge in [-0.05, 0) is 43.5 Å². The van der Waals surface area contributed by atoms with Gasteiger partial charge in [-0.2, -0.15) is 0 Å². The van der Waals surface area contributed by atoms with Gasteiger partial charge in [0.25, 0.3) is 0 Å². The molecule has 0 radical (unpaired) electrons. The molecule has 0 unspecified atom stereocenters. The van der Waals surface area contributed by atoms with Crippen molar-refractivity contribution in [2.45, 2.75) is 38.5 Å². The summed E-state index contributed by atoms with van der Waals surface area (Å²) in [5, 5.41) is 9.30. The standard InChI is InChI=1S/C14H20FNO4S/c1-4-14(5-2,13(17)18)9-16-21(19,20)12-7-6-11(15)8-10(12)3/h6-8,16H,4-5,9H2,1-3H3,(H,17,18). The lowest BCUT2D eigenvalue weighted by atomic mass is 9.83. The highest BCUT2D eigenvalue weighted by molar-refractivity contribution is 7.89. The van der Waals surface area contributed by atoms with E-state index in [0.717, 1.165) is 12.1 Å². The first-order chi connectivity index (χ1) is 9.68. The zero-order chi connectivity index (χ0) is 16.3. The molecule has 21 heavy (non-hydrogen) atoms. The molecule has 0 amide bonds. The predicted octanol–water partition coefficient (Wildman–Crippen LogP) is 2.30. The highest BCUT2D eigenvalue weighted by Crippen LogP contribution is 2.27. The van der Waals surface area contributed by atoms with Gasteiger partial charge in [0.05, 0.1) is 10.3 Å². The molecule has 1 aromatic carbocycles. The number of carboxylic acids is 1. The molecule has 7 heteroatoms. The van der Waals surface area contributed by atoms with E-state index in [9.17, 15) is 22.7 Å². The molecule has 0 aliphatic rings. The second-order valence-electron chi connectivity index (χ2n) is 5.03. The first-order valence-corrected chi connectivity index (χ1v) is 8.16. The number of carboxylic acid groups (broad SMARTS) is 1. The molecule has 0 bridgehead atoms. The second-order valence-corrected chi connectivity index (χ2v) is 6.76. The third-order valence-electron chi connectivity index (χ3n) is 3.83. The van der Waals surface area contributed by atoms with E-state index in [-0.39, 0.29) is 17.0 Å². The second kappa shape index (κ2) is 6.53. The maximum atomic E-state index is 13.0. The highest BCUT2D eigenvalue weighted by Gasteiger charge is 2.36. The number of rotatable bonds is 7. The number of hydrogen-bond acceptors (Lipinski definition) is 3. The lowest BCUT2D eigenvalue weighted by Gasteiger charge is -2.26. The van der Waals surface area contributed by atoms with Gasteiger partial charge in [-0.25, -0.2) is 17.5 Å². The first kappa shape index (κ1) is 17.6. The molecule has 1 rings (SSSR count).